The summed E-state index contributed by atoms with van der Waals surface area (Å²) in [7, 11) is 0. The highest BCUT2D eigenvalue weighted by molar-refractivity contribution is 5.68. The van der Waals surface area contributed by atoms with Crippen molar-refractivity contribution in [2.45, 2.75) is 38.8 Å². The highest BCUT2D eigenvalue weighted by atomic mass is 16.6. The molecule has 1 amide bonds. The molecular formula is C16H24N2O2. The van der Waals surface area contributed by atoms with Crippen LogP contribution in [0.3, 0.4) is 0 Å². The molecule has 2 rings (SSSR count). The minimum absolute atomic E-state index is 0.000972. The van der Waals surface area contributed by atoms with Crippen LogP contribution < -0.4 is 10.6 Å². The van der Waals surface area contributed by atoms with E-state index in [9.17, 15) is 4.79 Å². The van der Waals surface area contributed by atoms with Crippen molar-refractivity contribution in [1.29, 1.82) is 0 Å². The first-order valence-corrected chi connectivity index (χ1v) is 7.21. The predicted molar refractivity (Wildman–Crippen MR) is 79.5 cm³/mol. The summed E-state index contributed by atoms with van der Waals surface area (Å²) < 4.78 is 5.38. The van der Waals surface area contributed by atoms with Gasteiger partial charge in [0.2, 0.25) is 0 Å². The van der Waals surface area contributed by atoms with Crippen LogP contribution in [0.25, 0.3) is 0 Å². The lowest BCUT2D eigenvalue weighted by molar-refractivity contribution is 0.0487. The summed E-state index contributed by atoms with van der Waals surface area (Å²) in [5.74, 6) is 0.407. The van der Waals surface area contributed by atoms with E-state index in [0.29, 0.717) is 5.92 Å². The van der Waals surface area contributed by atoms with Gasteiger partial charge in [-0.3, -0.25) is 0 Å². The summed E-state index contributed by atoms with van der Waals surface area (Å²) in [4.78, 5) is 12.0. The number of carbonyl (C=O) groups excluding carboxylic acids is 1. The molecule has 0 radical (unpaired) electrons. The van der Waals surface area contributed by atoms with Crippen molar-refractivity contribution < 1.29 is 9.53 Å². The Kier molecular flexibility index (Phi) is 4.65. The topological polar surface area (TPSA) is 50.4 Å². The van der Waals surface area contributed by atoms with Crippen molar-refractivity contribution in [1.82, 2.24) is 10.6 Å². The van der Waals surface area contributed by atoms with Gasteiger partial charge in [0.15, 0.2) is 0 Å². The lowest BCUT2D eigenvalue weighted by Crippen LogP contribution is -2.38. The van der Waals surface area contributed by atoms with E-state index in [1.165, 1.54) is 0 Å². The fraction of sp³-hybridized carbons (Fsp3) is 0.562. The van der Waals surface area contributed by atoms with Crippen LogP contribution in [0.5, 0.6) is 0 Å². The van der Waals surface area contributed by atoms with Crippen LogP contribution in [0.1, 0.15) is 38.8 Å². The maximum Gasteiger partial charge on any atom is 0.408 e. The summed E-state index contributed by atoms with van der Waals surface area (Å²) in [5, 5.41) is 6.38. The first kappa shape index (κ1) is 14.9. The third kappa shape index (κ3) is 4.23. The first-order valence-electron chi connectivity index (χ1n) is 7.21. The number of hydrogen-bond acceptors (Lipinski definition) is 3. The monoisotopic (exact) mass is 276 g/mol. The minimum Gasteiger partial charge on any atom is -0.444 e. The van der Waals surface area contributed by atoms with Crippen LogP contribution in [0.2, 0.25) is 0 Å². The van der Waals surface area contributed by atoms with Crippen LogP contribution in [0, 0.1) is 5.92 Å². The molecule has 2 atom stereocenters. The molecule has 1 aromatic carbocycles. The van der Waals surface area contributed by atoms with Gasteiger partial charge in [0.05, 0.1) is 6.04 Å². The number of rotatable bonds is 3. The van der Waals surface area contributed by atoms with E-state index in [-0.39, 0.29) is 12.1 Å². The summed E-state index contributed by atoms with van der Waals surface area (Å²) >= 11 is 0. The van der Waals surface area contributed by atoms with Crippen LogP contribution in [0.4, 0.5) is 4.79 Å². The average Bonchev–Trinajstić information content (AvgIpc) is 2.88. The molecule has 4 heteroatoms. The number of amides is 1. The van der Waals surface area contributed by atoms with Gasteiger partial charge in [-0.1, -0.05) is 30.3 Å². The number of benzene rings is 1. The van der Waals surface area contributed by atoms with E-state index < -0.39 is 5.60 Å². The number of nitrogens with one attached hydrogen (secondary N) is 2. The Morgan fingerprint density at radius 2 is 2.05 bits per heavy atom. The molecule has 110 valence electrons. The van der Waals surface area contributed by atoms with Crippen molar-refractivity contribution in [3.63, 3.8) is 0 Å². The van der Waals surface area contributed by atoms with Gasteiger partial charge in [0, 0.05) is 6.54 Å². The molecule has 0 bridgehead atoms. The van der Waals surface area contributed by atoms with Gasteiger partial charge in [-0.2, -0.15) is 0 Å². The lowest BCUT2D eigenvalue weighted by atomic mass is 9.92. The van der Waals surface area contributed by atoms with Gasteiger partial charge < -0.3 is 15.4 Å². The van der Waals surface area contributed by atoms with Crippen molar-refractivity contribution in [3.05, 3.63) is 35.9 Å². The van der Waals surface area contributed by atoms with E-state index in [2.05, 4.69) is 22.8 Å². The van der Waals surface area contributed by atoms with Crippen LogP contribution in [0.15, 0.2) is 30.3 Å². The molecule has 20 heavy (non-hydrogen) atoms. The number of hydrogen-bond donors (Lipinski definition) is 2. The second-order valence-electron chi connectivity index (χ2n) is 6.29. The second kappa shape index (κ2) is 6.27. The van der Waals surface area contributed by atoms with Gasteiger partial charge in [-0.15, -0.1) is 0 Å². The standard InChI is InChI=1S/C16H24N2O2/c1-16(2,3)20-15(19)18-14(13-9-10-17-11-13)12-7-5-4-6-8-12/h4-8,13-14,17H,9-11H2,1-3H3,(H,18,19)/t13-,14?/m1/s1. The van der Waals surface area contributed by atoms with Gasteiger partial charge >= 0.3 is 6.09 Å². The van der Waals surface area contributed by atoms with Crippen molar-refractivity contribution in [3.8, 4) is 0 Å². The normalized spacial score (nSPS) is 20.4. The van der Waals surface area contributed by atoms with Gasteiger partial charge in [-0.25, -0.2) is 4.79 Å². The molecule has 1 saturated heterocycles. The van der Waals surface area contributed by atoms with Crippen LogP contribution >= 0.6 is 0 Å². The lowest BCUT2D eigenvalue weighted by Gasteiger charge is -2.27. The Morgan fingerprint density at radius 3 is 2.60 bits per heavy atom. The molecule has 1 aliphatic heterocycles. The Morgan fingerprint density at radius 1 is 1.35 bits per heavy atom. The molecule has 1 aliphatic rings. The van der Waals surface area contributed by atoms with Gasteiger partial charge in [0.25, 0.3) is 0 Å². The maximum atomic E-state index is 12.0. The third-order valence-corrected chi connectivity index (χ3v) is 3.40. The van der Waals surface area contributed by atoms with Crippen molar-refractivity contribution in [2.75, 3.05) is 13.1 Å². The third-order valence-electron chi connectivity index (χ3n) is 3.40. The highest BCUT2D eigenvalue weighted by Gasteiger charge is 2.29. The summed E-state index contributed by atoms with van der Waals surface area (Å²) in [5.41, 5.74) is 0.659. The molecule has 4 nitrogen and oxygen atoms in total. The molecule has 0 aliphatic carbocycles. The second-order valence-corrected chi connectivity index (χ2v) is 6.29. The van der Waals surface area contributed by atoms with Crippen LogP contribution in [-0.2, 0) is 4.74 Å². The number of carbonyl (C=O) groups is 1. The van der Waals surface area contributed by atoms with Crippen molar-refractivity contribution >= 4 is 6.09 Å². The fourth-order valence-electron chi connectivity index (χ4n) is 2.53. The Labute approximate surface area is 120 Å². The van der Waals surface area contributed by atoms with Gasteiger partial charge in [0.1, 0.15) is 5.60 Å². The molecule has 0 aromatic heterocycles. The average molecular weight is 276 g/mol. The molecule has 1 unspecified atom stereocenters. The quantitative estimate of drug-likeness (QED) is 0.892. The van der Waals surface area contributed by atoms with Gasteiger partial charge in [-0.05, 0) is 45.2 Å². The Balaban J connectivity index is 2.09. The van der Waals surface area contributed by atoms with E-state index in [0.717, 1.165) is 25.1 Å². The highest BCUT2D eigenvalue weighted by Crippen LogP contribution is 2.27. The summed E-state index contributed by atoms with van der Waals surface area (Å²) in [6, 6.07) is 10.1. The zero-order valence-electron chi connectivity index (χ0n) is 12.5. The molecule has 1 fully saturated rings. The van der Waals surface area contributed by atoms with E-state index in [1.807, 2.05) is 39.0 Å². The summed E-state index contributed by atoms with van der Waals surface area (Å²) in [6.45, 7) is 7.56. The minimum atomic E-state index is -0.473. The molecule has 1 heterocycles. The molecule has 0 spiro atoms. The smallest absolute Gasteiger partial charge is 0.408 e. The fourth-order valence-corrected chi connectivity index (χ4v) is 2.53. The molecule has 1 aromatic rings. The Bertz CT molecular complexity index is 434. The Hall–Kier alpha value is -1.55. The first-order chi connectivity index (χ1) is 9.46. The molecule has 0 saturated carbocycles. The molecular weight excluding hydrogens is 252 g/mol. The van der Waals surface area contributed by atoms with E-state index in [4.69, 9.17) is 4.74 Å². The van der Waals surface area contributed by atoms with E-state index >= 15 is 0 Å². The number of alkyl carbamates (subject to hydrolysis) is 1. The zero-order chi connectivity index (χ0) is 14.6. The number of ether oxygens (including phenoxy) is 1. The zero-order valence-corrected chi connectivity index (χ0v) is 12.5. The van der Waals surface area contributed by atoms with Crippen LogP contribution in [-0.4, -0.2) is 24.8 Å². The summed E-state index contributed by atoms with van der Waals surface area (Å²) in [6.07, 6.45) is 0.716. The SMILES string of the molecule is CC(C)(C)OC(=O)NC(c1ccccc1)[C@@H]1CCNC1. The molecule has 2 N–H and O–H groups in total. The predicted octanol–water partition coefficient (Wildman–Crippen LogP) is 2.86. The largest absolute Gasteiger partial charge is 0.444 e. The van der Waals surface area contributed by atoms with E-state index in [1.54, 1.807) is 0 Å². The maximum absolute atomic E-state index is 12.0. The van der Waals surface area contributed by atoms with Crippen molar-refractivity contribution in [2.24, 2.45) is 5.92 Å².